The van der Waals surface area contributed by atoms with Crippen LogP contribution in [0, 0.1) is 6.92 Å². The van der Waals surface area contributed by atoms with E-state index in [-0.39, 0.29) is 0 Å². The van der Waals surface area contributed by atoms with Crippen LogP contribution in [0.1, 0.15) is 25.6 Å². The largest absolute Gasteiger partial charge is 0.370 e. The van der Waals surface area contributed by atoms with Crippen molar-refractivity contribution in [2.45, 2.75) is 26.7 Å². The molecule has 0 radical (unpaired) electrons. The average molecular weight is 348 g/mol. The predicted octanol–water partition coefficient (Wildman–Crippen LogP) is 1.76. The van der Waals surface area contributed by atoms with Crippen molar-refractivity contribution in [2.24, 2.45) is 0 Å². The third kappa shape index (κ3) is 4.02. The number of anilines is 4. The lowest BCUT2D eigenvalue weighted by atomic mass is 10.3. The average Bonchev–Trinajstić information content (AvgIpc) is 3.01. The smallest absolute Gasteiger partial charge is 0.223 e. The van der Waals surface area contributed by atoms with E-state index >= 15 is 0 Å². The van der Waals surface area contributed by atoms with E-state index in [4.69, 9.17) is 5.73 Å². The SMILES string of the molecule is CCCCNc1cc(N2CCN(c3nc(C)ns3)CC2)nc(N)n1. The Kier molecular flexibility index (Phi) is 5.29. The predicted molar refractivity (Wildman–Crippen MR) is 98.9 cm³/mol. The summed E-state index contributed by atoms with van der Waals surface area (Å²) in [6.07, 6.45) is 2.26. The van der Waals surface area contributed by atoms with Gasteiger partial charge in [0.25, 0.3) is 0 Å². The second kappa shape index (κ2) is 7.61. The highest BCUT2D eigenvalue weighted by molar-refractivity contribution is 7.09. The molecular weight excluding hydrogens is 324 g/mol. The van der Waals surface area contributed by atoms with Crippen molar-refractivity contribution in [1.82, 2.24) is 19.3 Å². The summed E-state index contributed by atoms with van der Waals surface area (Å²) in [5.74, 6) is 2.83. The number of hydrogen-bond donors (Lipinski definition) is 2. The quantitative estimate of drug-likeness (QED) is 0.762. The fourth-order valence-electron chi connectivity index (χ4n) is 2.64. The molecule has 3 N–H and O–H groups in total. The highest BCUT2D eigenvalue weighted by atomic mass is 32.1. The molecule has 0 bridgehead atoms. The van der Waals surface area contributed by atoms with Gasteiger partial charge in [0.15, 0.2) is 0 Å². The molecular formula is C15H24N8S. The molecule has 0 amide bonds. The Morgan fingerprint density at radius 3 is 2.58 bits per heavy atom. The van der Waals surface area contributed by atoms with Crippen LogP contribution in [0.5, 0.6) is 0 Å². The Morgan fingerprint density at radius 2 is 1.92 bits per heavy atom. The van der Waals surface area contributed by atoms with Crippen molar-refractivity contribution in [2.75, 3.05) is 53.6 Å². The molecule has 0 atom stereocenters. The first-order valence-corrected chi connectivity index (χ1v) is 9.11. The second-order valence-corrected chi connectivity index (χ2v) is 6.58. The molecule has 3 heterocycles. The van der Waals surface area contributed by atoms with E-state index in [1.54, 1.807) is 0 Å². The van der Waals surface area contributed by atoms with Gasteiger partial charge in [-0.25, -0.2) is 4.98 Å². The van der Waals surface area contributed by atoms with Gasteiger partial charge in [0.1, 0.15) is 17.5 Å². The number of rotatable bonds is 6. The number of aromatic nitrogens is 4. The van der Waals surface area contributed by atoms with Gasteiger partial charge >= 0.3 is 0 Å². The highest BCUT2D eigenvalue weighted by Gasteiger charge is 2.21. The topological polar surface area (TPSA) is 96.1 Å². The van der Waals surface area contributed by atoms with Gasteiger partial charge < -0.3 is 20.9 Å². The Morgan fingerprint density at radius 1 is 1.17 bits per heavy atom. The monoisotopic (exact) mass is 348 g/mol. The third-order valence-electron chi connectivity index (χ3n) is 3.96. The molecule has 0 unspecified atom stereocenters. The standard InChI is InChI=1S/C15H24N8S/c1-3-4-5-17-12-10-13(20-14(16)19-12)22-6-8-23(9-7-22)15-18-11(2)21-24-15/h10H,3-9H2,1-2H3,(H3,16,17,19,20). The van der Waals surface area contributed by atoms with E-state index in [9.17, 15) is 0 Å². The molecule has 8 nitrogen and oxygen atoms in total. The molecule has 1 saturated heterocycles. The van der Waals surface area contributed by atoms with Gasteiger partial charge in [0.2, 0.25) is 11.1 Å². The Balaban J connectivity index is 1.63. The Labute approximate surface area is 146 Å². The van der Waals surface area contributed by atoms with Gasteiger partial charge in [-0.2, -0.15) is 14.3 Å². The number of nitrogens with zero attached hydrogens (tertiary/aromatic N) is 6. The molecule has 0 saturated carbocycles. The van der Waals surface area contributed by atoms with Gasteiger partial charge in [-0.15, -0.1) is 0 Å². The molecule has 9 heteroatoms. The molecule has 2 aromatic heterocycles. The Hall–Kier alpha value is -2.16. The van der Waals surface area contributed by atoms with E-state index < -0.39 is 0 Å². The molecule has 0 aromatic carbocycles. The number of hydrogen-bond acceptors (Lipinski definition) is 9. The third-order valence-corrected chi connectivity index (χ3v) is 4.83. The molecule has 2 aromatic rings. The first-order valence-electron chi connectivity index (χ1n) is 8.34. The summed E-state index contributed by atoms with van der Waals surface area (Å²) in [5, 5.41) is 4.32. The maximum absolute atomic E-state index is 5.88. The minimum absolute atomic E-state index is 0.314. The fourth-order valence-corrected chi connectivity index (χ4v) is 3.37. The fraction of sp³-hybridized carbons (Fsp3) is 0.600. The number of nitrogens with one attached hydrogen (secondary N) is 1. The summed E-state index contributed by atoms with van der Waals surface area (Å²) in [6.45, 7) is 8.55. The van der Waals surface area contributed by atoms with Crippen molar-refractivity contribution in [3.8, 4) is 0 Å². The van der Waals surface area contributed by atoms with Crippen molar-refractivity contribution in [1.29, 1.82) is 0 Å². The van der Waals surface area contributed by atoms with E-state index in [0.29, 0.717) is 5.95 Å². The zero-order chi connectivity index (χ0) is 16.9. The van der Waals surface area contributed by atoms with Crippen LogP contribution in [-0.2, 0) is 0 Å². The number of piperazine rings is 1. The second-order valence-electron chi connectivity index (χ2n) is 5.85. The highest BCUT2D eigenvalue weighted by Crippen LogP contribution is 2.22. The van der Waals surface area contributed by atoms with Gasteiger partial charge in [-0.3, -0.25) is 0 Å². The zero-order valence-electron chi connectivity index (χ0n) is 14.2. The first kappa shape index (κ1) is 16.7. The zero-order valence-corrected chi connectivity index (χ0v) is 15.0. The van der Waals surface area contributed by atoms with Crippen molar-refractivity contribution in [3.05, 3.63) is 11.9 Å². The molecule has 3 rings (SSSR count). The number of nitrogen functional groups attached to an aromatic ring is 1. The molecule has 0 spiro atoms. The lowest BCUT2D eigenvalue weighted by Gasteiger charge is -2.35. The van der Waals surface area contributed by atoms with Gasteiger partial charge in [0, 0.05) is 50.3 Å². The normalized spacial score (nSPS) is 14.9. The van der Waals surface area contributed by atoms with Crippen LogP contribution in [0.2, 0.25) is 0 Å². The lowest BCUT2D eigenvalue weighted by molar-refractivity contribution is 0.645. The van der Waals surface area contributed by atoms with Crippen molar-refractivity contribution >= 4 is 34.2 Å². The van der Waals surface area contributed by atoms with Crippen LogP contribution >= 0.6 is 11.5 Å². The van der Waals surface area contributed by atoms with E-state index in [1.165, 1.54) is 11.5 Å². The van der Waals surface area contributed by atoms with Gasteiger partial charge in [0.05, 0.1) is 0 Å². The molecule has 1 aliphatic rings. The molecule has 130 valence electrons. The lowest BCUT2D eigenvalue weighted by Crippen LogP contribution is -2.46. The first-order chi connectivity index (χ1) is 11.7. The molecule has 1 fully saturated rings. The summed E-state index contributed by atoms with van der Waals surface area (Å²) < 4.78 is 4.26. The van der Waals surface area contributed by atoms with Crippen molar-refractivity contribution in [3.63, 3.8) is 0 Å². The maximum Gasteiger partial charge on any atom is 0.223 e. The van der Waals surface area contributed by atoms with E-state index in [0.717, 1.165) is 68.2 Å². The van der Waals surface area contributed by atoms with Crippen LogP contribution in [-0.4, -0.2) is 52.0 Å². The summed E-state index contributed by atoms with van der Waals surface area (Å²) >= 11 is 1.46. The number of unbranched alkanes of at least 4 members (excludes halogenated alkanes) is 1. The van der Waals surface area contributed by atoms with Crippen LogP contribution in [0.3, 0.4) is 0 Å². The molecule has 24 heavy (non-hydrogen) atoms. The molecule has 1 aliphatic heterocycles. The summed E-state index contributed by atoms with van der Waals surface area (Å²) in [4.78, 5) is 17.6. The molecule has 0 aliphatic carbocycles. The Bertz CT molecular complexity index is 665. The van der Waals surface area contributed by atoms with Crippen LogP contribution in [0.15, 0.2) is 6.07 Å². The van der Waals surface area contributed by atoms with Gasteiger partial charge in [-0.1, -0.05) is 13.3 Å². The number of nitrogens with two attached hydrogens (primary N) is 1. The number of aryl methyl sites for hydroxylation is 1. The minimum atomic E-state index is 0.314. The van der Waals surface area contributed by atoms with E-state index in [1.807, 2.05) is 13.0 Å². The summed E-state index contributed by atoms with van der Waals surface area (Å²) in [7, 11) is 0. The summed E-state index contributed by atoms with van der Waals surface area (Å²) in [5.41, 5.74) is 5.88. The van der Waals surface area contributed by atoms with Crippen LogP contribution < -0.4 is 20.9 Å². The summed E-state index contributed by atoms with van der Waals surface area (Å²) in [6, 6.07) is 1.98. The van der Waals surface area contributed by atoms with Crippen LogP contribution in [0.4, 0.5) is 22.7 Å². The van der Waals surface area contributed by atoms with E-state index in [2.05, 4.69) is 41.4 Å². The minimum Gasteiger partial charge on any atom is -0.370 e. The van der Waals surface area contributed by atoms with Crippen LogP contribution in [0.25, 0.3) is 0 Å². The maximum atomic E-state index is 5.88. The van der Waals surface area contributed by atoms with Crippen molar-refractivity contribution < 1.29 is 0 Å². The van der Waals surface area contributed by atoms with Gasteiger partial charge in [-0.05, 0) is 13.3 Å².